The number of nitro benzene ring substituents is 1. The van der Waals surface area contributed by atoms with Crippen molar-refractivity contribution in [3.63, 3.8) is 0 Å². The second kappa shape index (κ2) is 5.46. The first-order chi connectivity index (χ1) is 9.15. The lowest BCUT2D eigenvalue weighted by Gasteiger charge is -2.01. The fourth-order valence-corrected chi connectivity index (χ4v) is 1.75. The van der Waals surface area contributed by atoms with Crippen molar-refractivity contribution < 1.29 is 4.92 Å². The first-order valence-electron chi connectivity index (χ1n) is 5.32. The molecule has 19 heavy (non-hydrogen) atoms. The molecule has 0 aliphatic heterocycles. The van der Waals surface area contributed by atoms with Crippen molar-refractivity contribution >= 4 is 17.3 Å². The molecule has 8 heteroatoms. The van der Waals surface area contributed by atoms with Crippen LogP contribution in [0, 0.1) is 21.4 Å². The van der Waals surface area contributed by atoms with Gasteiger partial charge >= 0.3 is 0 Å². The maximum atomic E-state index is 11.0. The van der Waals surface area contributed by atoms with Crippen LogP contribution in [0.2, 0.25) is 0 Å². The molecule has 0 amide bonds. The van der Waals surface area contributed by atoms with Crippen molar-refractivity contribution in [2.75, 3.05) is 5.88 Å². The van der Waals surface area contributed by atoms with E-state index in [0.717, 1.165) is 0 Å². The Morgan fingerprint density at radius 3 is 2.95 bits per heavy atom. The van der Waals surface area contributed by atoms with E-state index in [2.05, 4.69) is 10.3 Å². The molecule has 0 radical (unpaired) electrons. The summed E-state index contributed by atoms with van der Waals surface area (Å²) in [6.45, 7) is 0. The van der Waals surface area contributed by atoms with Gasteiger partial charge < -0.3 is 0 Å². The van der Waals surface area contributed by atoms with Gasteiger partial charge in [-0.3, -0.25) is 10.1 Å². The number of rotatable bonds is 4. The van der Waals surface area contributed by atoms with Gasteiger partial charge in [-0.1, -0.05) is 5.21 Å². The third-order valence-electron chi connectivity index (χ3n) is 2.44. The molecule has 1 aromatic carbocycles. The Kier molecular flexibility index (Phi) is 3.73. The Balaban J connectivity index is 2.48. The molecule has 0 saturated heterocycles. The number of hydrogen-bond acceptors (Lipinski definition) is 5. The largest absolute Gasteiger partial charge is 0.296 e. The Morgan fingerprint density at radius 2 is 2.32 bits per heavy atom. The van der Waals surface area contributed by atoms with E-state index in [9.17, 15) is 10.1 Å². The molecule has 96 valence electrons. The van der Waals surface area contributed by atoms with E-state index in [1.807, 2.05) is 6.07 Å². The zero-order valence-corrected chi connectivity index (χ0v) is 10.4. The van der Waals surface area contributed by atoms with Crippen molar-refractivity contribution in [2.24, 2.45) is 0 Å². The molecule has 0 spiro atoms. The number of aromatic nitrogens is 3. The lowest BCUT2D eigenvalue weighted by molar-refractivity contribution is -0.384. The second-order valence-electron chi connectivity index (χ2n) is 3.67. The summed E-state index contributed by atoms with van der Waals surface area (Å²) in [5.41, 5.74) is 0.934. The van der Waals surface area contributed by atoms with Crippen LogP contribution >= 0.6 is 11.6 Å². The SMILES string of the molecule is N#Cc1ccc(-n2cc(CCCl)nn2)c([N+](=O)[O-])c1. The summed E-state index contributed by atoms with van der Waals surface area (Å²) in [6, 6.07) is 6.03. The van der Waals surface area contributed by atoms with E-state index in [-0.39, 0.29) is 16.9 Å². The molecular weight excluding hydrogens is 270 g/mol. The van der Waals surface area contributed by atoms with Gasteiger partial charge in [0.15, 0.2) is 0 Å². The molecule has 0 aliphatic rings. The van der Waals surface area contributed by atoms with Gasteiger partial charge in [0.2, 0.25) is 0 Å². The molecule has 0 atom stereocenters. The lowest BCUT2D eigenvalue weighted by Crippen LogP contribution is -2.01. The van der Waals surface area contributed by atoms with Crippen LogP contribution in [0.4, 0.5) is 5.69 Å². The molecule has 0 saturated carbocycles. The van der Waals surface area contributed by atoms with Crippen molar-refractivity contribution in [3.05, 3.63) is 45.8 Å². The highest BCUT2D eigenvalue weighted by Crippen LogP contribution is 2.23. The molecule has 7 nitrogen and oxygen atoms in total. The van der Waals surface area contributed by atoms with Crippen molar-refractivity contribution in [1.82, 2.24) is 15.0 Å². The van der Waals surface area contributed by atoms with Gasteiger partial charge in [0, 0.05) is 18.4 Å². The van der Waals surface area contributed by atoms with Crippen LogP contribution in [0.3, 0.4) is 0 Å². The Hall–Kier alpha value is -2.46. The van der Waals surface area contributed by atoms with Crippen molar-refractivity contribution in [2.45, 2.75) is 6.42 Å². The molecule has 1 heterocycles. The zero-order chi connectivity index (χ0) is 13.8. The third kappa shape index (κ3) is 2.69. The minimum absolute atomic E-state index is 0.193. The van der Waals surface area contributed by atoms with Gasteiger partial charge in [0.1, 0.15) is 5.69 Å². The maximum absolute atomic E-state index is 11.0. The third-order valence-corrected chi connectivity index (χ3v) is 2.63. The normalized spacial score (nSPS) is 10.1. The van der Waals surface area contributed by atoms with Gasteiger partial charge in [0.25, 0.3) is 5.69 Å². The Bertz CT molecular complexity index is 661. The molecule has 0 fully saturated rings. The Labute approximate surface area is 113 Å². The molecular formula is C11H8ClN5O2. The van der Waals surface area contributed by atoms with E-state index >= 15 is 0 Å². The molecule has 0 unspecified atom stereocenters. The van der Waals surface area contributed by atoms with E-state index < -0.39 is 4.92 Å². The topological polar surface area (TPSA) is 97.6 Å². The number of benzene rings is 1. The average Bonchev–Trinajstić information content (AvgIpc) is 2.87. The Morgan fingerprint density at radius 1 is 1.53 bits per heavy atom. The summed E-state index contributed by atoms with van der Waals surface area (Å²) in [5, 5.41) is 27.5. The number of halogens is 1. The molecule has 2 aromatic rings. The highest BCUT2D eigenvalue weighted by Gasteiger charge is 2.17. The number of nitro groups is 1. The summed E-state index contributed by atoms with van der Waals surface area (Å²) in [4.78, 5) is 10.5. The van der Waals surface area contributed by atoms with Crippen LogP contribution in [-0.4, -0.2) is 25.8 Å². The van der Waals surface area contributed by atoms with E-state index in [0.29, 0.717) is 18.0 Å². The molecule has 0 aliphatic carbocycles. The average molecular weight is 278 g/mol. The molecule has 2 rings (SSSR count). The summed E-state index contributed by atoms with van der Waals surface area (Å²) in [7, 11) is 0. The quantitative estimate of drug-likeness (QED) is 0.482. The second-order valence-corrected chi connectivity index (χ2v) is 4.04. The fourth-order valence-electron chi connectivity index (χ4n) is 1.56. The number of hydrogen-bond donors (Lipinski definition) is 0. The van der Waals surface area contributed by atoms with Crippen LogP contribution in [0.25, 0.3) is 5.69 Å². The van der Waals surface area contributed by atoms with Gasteiger partial charge in [0.05, 0.1) is 28.4 Å². The van der Waals surface area contributed by atoms with Gasteiger partial charge in [-0.25, -0.2) is 4.68 Å². The number of aryl methyl sites for hydroxylation is 1. The van der Waals surface area contributed by atoms with Gasteiger partial charge in [-0.2, -0.15) is 5.26 Å². The summed E-state index contributed by atoms with van der Waals surface area (Å²) < 4.78 is 1.31. The summed E-state index contributed by atoms with van der Waals surface area (Å²) in [5.74, 6) is 0.397. The number of nitriles is 1. The van der Waals surface area contributed by atoms with E-state index in [4.69, 9.17) is 16.9 Å². The van der Waals surface area contributed by atoms with Crippen molar-refractivity contribution in [3.8, 4) is 11.8 Å². The van der Waals surface area contributed by atoms with Crippen LogP contribution in [0.5, 0.6) is 0 Å². The zero-order valence-electron chi connectivity index (χ0n) is 9.65. The standard InChI is InChI=1S/C11H8ClN5O2/c12-4-3-9-7-16(15-14-9)10-2-1-8(6-13)5-11(10)17(18)19/h1-2,5,7H,3-4H2. The molecule has 0 N–H and O–H groups in total. The summed E-state index contributed by atoms with van der Waals surface area (Å²) in [6.07, 6.45) is 2.11. The van der Waals surface area contributed by atoms with Gasteiger partial charge in [-0.05, 0) is 12.1 Å². The minimum atomic E-state index is -0.556. The minimum Gasteiger partial charge on any atom is -0.258 e. The lowest BCUT2D eigenvalue weighted by atomic mass is 10.2. The predicted octanol–water partition coefficient (Wildman–Crippen LogP) is 1.83. The first kappa shape index (κ1) is 13.0. The summed E-state index contributed by atoms with van der Waals surface area (Å²) >= 11 is 5.59. The molecule has 1 aromatic heterocycles. The first-order valence-corrected chi connectivity index (χ1v) is 5.85. The fraction of sp³-hybridized carbons (Fsp3) is 0.182. The van der Waals surface area contributed by atoms with E-state index in [1.165, 1.54) is 22.9 Å². The number of nitrogens with zero attached hydrogens (tertiary/aromatic N) is 5. The highest BCUT2D eigenvalue weighted by atomic mass is 35.5. The predicted molar refractivity (Wildman–Crippen MR) is 67.2 cm³/mol. The smallest absolute Gasteiger partial charge is 0.258 e. The maximum Gasteiger partial charge on any atom is 0.296 e. The van der Waals surface area contributed by atoms with E-state index in [1.54, 1.807) is 6.20 Å². The van der Waals surface area contributed by atoms with Crippen LogP contribution in [-0.2, 0) is 6.42 Å². The monoisotopic (exact) mass is 277 g/mol. The van der Waals surface area contributed by atoms with Crippen LogP contribution in [0.15, 0.2) is 24.4 Å². The number of alkyl halides is 1. The van der Waals surface area contributed by atoms with Gasteiger partial charge in [-0.15, -0.1) is 16.7 Å². The highest BCUT2D eigenvalue weighted by molar-refractivity contribution is 6.17. The van der Waals surface area contributed by atoms with Crippen LogP contribution < -0.4 is 0 Å². The molecule has 0 bridgehead atoms. The van der Waals surface area contributed by atoms with Crippen LogP contribution in [0.1, 0.15) is 11.3 Å². The van der Waals surface area contributed by atoms with Crippen molar-refractivity contribution in [1.29, 1.82) is 5.26 Å².